The minimum atomic E-state index is -3.45. The standard InChI is InChI=1S/C21H25BrN2O4S/c1-15(2)24-29(26,27)14-18-7-5-4-6-17(18)13-23-21(25)11-8-16-12-19(22)9-10-20(16)28-3/h4-12,15,24H,13-14H2,1-3H3,(H,23,25)/b11-8-. The van der Waals surface area contributed by atoms with Crippen LogP contribution in [0.25, 0.3) is 6.08 Å². The van der Waals surface area contributed by atoms with Crippen LogP contribution in [0.4, 0.5) is 0 Å². The number of hydrogen-bond acceptors (Lipinski definition) is 4. The van der Waals surface area contributed by atoms with E-state index in [0.717, 1.165) is 15.6 Å². The van der Waals surface area contributed by atoms with E-state index in [0.29, 0.717) is 11.3 Å². The lowest BCUT2D eigenvalue weighted by Gasteiger charge is -2.13. The predicted octanol–water partition coefficient (Wildman–Crippen LogP) is 3.62. The molecule has 0 radical (unpaired) electrons. The van der Waals surface area contributed by atoms with Crippen LogP contribution in [0, 0.1) is 0 Å². The van der Waals surface area contributed by atoms with Crippen LogP contribution in [0.5, 0.6) is 5.75 Å². The number of carbonyl (C=O) groups excluding carboxylic acids is 1. The molecule has 0 spiro atoms. The molecule has 0 unspecified atom stereocenters. The van der Waals surface area contributed by atoms with E-state index in [9.17, 15) is 13.2 Å². The second-order valence-corrected chi connectivity index (χ2v) is 9.41. The fourth-order valence-electron chi connectivity index (χ4n) is 2.72. The van der Waals surface area contributed by atoms with E-state index in [1.54, 1.807) is 39.2 Å². The van der Waals surface area contributed by atoms with Gasteiger partial charge >= 0.3 is 0 Å². The first kappa shape index (κ1) is 23.1. The molecule has 2 aromatic rings. The summed E-state index contributed by atoms with van der Waals surface area (Å²) in [5, 5.41) is 2.79. The minimum absolute atomic E-state index is 0.137. The molecule has 1 amide bonds. The highest BCUT2D eigenvalue weighted by molar-refractivity contribution is 9.10. The number of benzene rings is 2. The van der Waals surface area contributed by atoms with Crippen LogP contribution in [0.15, 0.2) is 53.0 Å². The molecule has 2 aromatic carbocycles. The molecule has 0 heterocycles. The molecule has 0 fully saturated rings. The Labute approximate surface area is 180 Å². The molecule has 2 rings (SSSR count). The lowest BCUT2D eigenvalue weighted by Crippen LogP contribution is -2.31. The van der Waals surface area contributed by atoms with Crippen molar-refractivity contribution >= 4 is 37.9 Å². The largest absolute Gasteiger partial charge is 0.496 e. The van der Waals surface area contributed by atoms with Gasteiger partial charge in [0.25, 0.3) is 0 Å². The Morgan fingerprint density at radius 1 is 1.17 bits per heavy atom. The molecule has 156 valence electrons. The number of carbonyl (C=O) groups is 1. The van der Waals surface area contributed by atoms with Crippen LogP contribution in [0.2, 0.25) is 0 Å². The highest BCUT2D eigenvalue weighted by Crippen LogP contribution is 2.24. The highest BCUT2D eigenvalue weighted by Gasteiger charge is 2.15. The van der Waals surface area contributed by atoms with Crippen molar-refractivity contribution in [2.24, 2.45) is 0 Å². The zero-order valence-electron chi connectivity index (χ0n) is 16.6. The number of amides is 1. The van der Waals surface area contributed by atoms with Gasteiger partial charge in [0.2, 0.25) is 15.9 Å². The van der Waals surface area contributed by atoms with Gasteiger partial charge in [-0.1, -0.05) is 40.2 Å². The summed E-state index contributed by atoms with van der Waals surface area (Å²) in [6, 6.07) is 12.5. The van der Waals surface area contributed by atoms with Crippen LogP contribution in [-0.2, 0) is 27.1 Å². The van der Waals surface area contributed by atoms with Gasteiger partial charge in [-0.25, -0.2) is 13.1 Å². The maximum atomic E-state index is 12.2. The quantitative estimate of drug-likeness (QED) is 0.536. The molecule has 6 nitrogen and oxygen atoms in total. The molecule has 0 atom stereocenters. The van der Waals surface area contributed by atoms with Crippen LogP contribution in [0.3, 0.4) is 0 Å². The topological polar surface area (TPSA) is 84.5 Å². The summed E-state index contributed by atoms with van der Waals surface area (Å²) >= 11 is 3.40. The Morgan fingerprint density at radius 3 is 2.52 bits per heavy atom. The van der Waals surface area contributed by atoms with Crippen LogP contribution < -0.4 is 14.8 Å². The second-order valence-electron chi connectivity index (χ2n) is 6.74. The van der Waals surface area contributed by atoms with E-state index in [-0.39, 0.29) is 24.2 Å². The molecule has 0 aromatic heterocycles. The van der Waals surface area contributed by atoms with Gasteiger partial charge < -0.3 is 10.1 Å². The third-order valence-electron chi connectivity index (χ3n) is 3.94. The first-order chi connectivity index (χ1) is 13.7. The fraction of sp³-hybridized carbons (Fsp3) is 0.286. The fourth-order valence-corrected chi connectivity index (χ4v) is 4.59. The van der Waals surface area contributed by atoms with E-state index in [4.69, 9.17) is 4.74 Å². The molecule has 0 aliphatic carbocycles. The zero-order chi connectivity index (χ0) is 21.4. The molecular weight excluding hydrogens is 456 g/mol. The Morgan fingerprint density at radius 2 is 1.86 bits per heavy atom. The maximum absolute atomic E-state index is 12.2. The Balaban J connectivity index is 2.05. The van der Waals surface area contributed by atoms with Crippen molar-refractivity contribution in [1.82, 2.24) is 10.0 Å². The van der Waals surface area contributed by atoms with Crippen molar-refractivity contribution in [1.29, 1.82) is 0 Å². The number of rotatable bonds is 9. The average molecular weight is 481 g/mol. The van der Waals surface area contributed by atoms with Gasteiger partial charge in [-0.2, -0.15) is 0 Å². The summed E-state index contributed by atoms with van der Waals surface area (Å²) in [5.41, 5.74) is 2.17. The average Bonchev–Trinajstić information content (AvgIpc) is 2.64. The van der Waals surface area contributed by atoms with Gasteiger partial charge in [0.15, 0.2) is 0 Å². The maximum Gasteiger partial charge on any atom is 0.244 e. The van der Waals surface area contributed by atoms with Crippen molar-refractivity contribution in [3.8, 4) is 5.75 Å². The van der Waals surface area contributed by atoms with Crippen molar-refractivity contribution in [2.75, 3.05) is 7.11 Å². The van der Waals surface area contributed by atoms with Gasteiger partial charge in [-0.3, -0.25) is 4.79 Å². The lowest BCUT2D eigenvalue weighted by atomic mass is 10.1. The second kappa shape index (κ2) is 10.6. The number of sulfonamides is 1. The van der Waals surface area contributed by atoms with Gasteiger partial charge in [-0.15, -0.1) is 0 Å². The van der Waals surface area contributed by atoms with Crippen molar-refractivity contribution in [3.05, 3.63) is 69.7 Å². The first-order valence-electron chi connectivity index (χ1n) is 9.06. The zero-order valence-corrected chi connectivity index (χ0v) is 19.0. The van der Waals surface area contributed by atoms with E-state index < -0.39 is 10.0 Å². The monoisotopic (exact) mass is 480 g/mol. The number of ether oxygens (including phenoxy) is 1. The Bertz CT molecular complexity index is 988. The summed E-state index contributed by atoms with van der Waals surface area (Å²) < 4.78 is 33.2. The molecule has 8 heteroatoms. The van der Waals surface area contributed by atoms with Crippen LogP contribution >= 0.6 is 15.9 Å². The van der Waals surface area contributed by atoms with E-state index >= 15 is 0 Å². The third kappa shape index (κ3) is 7.64. The molecule has 2 N–H and O–H groups in total. The van der Waals surface area contributed by atoms with E-state index in [2.05, 4.69) is 26.0 Å². The summed E-state index contributed by atoms with van der Waals surface area (Å²) in [6.45, 7) is 3.78. The first-order valence-corrected chi connectivity index (χ1v) is 11.5. The smallest absolute Gasteiger partial charge is 0.244 e. The van der Waals surface area contributed by atoms with Gasteiger partial charge in [0.1, 0.15) is 5.75 Å². The SMILES string of the molecule is COc1ccc(Br)cc1/C=C\C(=O)NCc1ccccc1CS(=O)(=O)NC(C)C. The van der Waals surface area contributed by atoms with Crippen molar-refractivity contribution < 1.29 is 17.9 Å². The van der Waals surface area contributed by atoms with E-state index in [1.807, 2.05) is 30.3 Å². The number of halogens is 1. The van der Waals surface area contributed by atoms with Gasteiger partial charge in [0.05, 0.1) is 12.9 Å². The van der Waals surface area contributed by atoms with Gasteiger partial charge in [-0.05, 0) is 49.2 Å². The third-order valence-corrected chi connectivity index (χ3v) is 5.95. The minimum Gasteiger partial charge on any atom is -0.496 e. The van der Waals surface area contributed by atoms with Crippen molar-refractivity contribution in [2.45, 2.75) is 32.2 Å². The van der Waals surface area contributed by atoms with E-state index in [1.165, 1.54) is 6.08 Å². The normalized spacial score (nSPS) is 11.8. The number of methoxy groups -OCH3 is 1. The molecule has 29 heavy (non-hydrogen) atoms. The number of hydrogen-bond donors (Lipinski definition) is 2. The Hall–Kier alpha value is -2.16. The molecular formula is C21H25BrN2O4S. The molecule has 0 aliphatic heterocycles. The molecule has 0 saturated heterocycles. The molecule has 0 bridgehead atoms. The molecule has 0 saturated carbocycles. The van der Waals surface area contributed by atoms with Crippen LogP contribution in [0.1, 0.15) is 30.5 Å². The highest BCUT2D eigenvalue weighted by atomic mass is 79.9. The predicted molar refractivity (Wildman–Crippen MR) is 119 cm³/mol. The number of nitrogens with one attached hydrogen (secondary N) is 2. The summed E-state index contributed by atoms with van der Waals surface area (Å²) in [7, 11) is -1.88. The van der Waals surface area contributed by atoms with Crippen LogP contribution in [-0.4, -0.2) is 27.5 Å². The Kier molecular flexibility index (Phi) is 8.43. The summed E-state index contributed by atoms with van der Waals surface area (Å²) in [5.74, 6) is 0.234. The molecule has 0 aliphatic rings. The summed E-state index contributed by atoms with van der Waals surface area (Å²) in [4.78, 5) is 12.2. The summed E-state index contributed by atoms with van der Waals surface area (Å²) in [6.07, 6.45) is 3.09. The van der Waals surface area contributed by atoms with Crippen molar-refractivity contribution in [3.63, 3.8) is 0 Å². The van der Waals surface area contributed by atoms with Gasteiger partial charge in [0, 0.05) is 28.7 Å². The lowest BCUT2D eigenvalue weighted by molar-refractivity contribution is -0.116.